The zero-order valence-electron chi connectivity index (χ0n) is 14.5. The number of rotatable bonds is 5. The minimum atomic E-state index is -0.380. The summed E-state index contributed by atoms with van der Waals surface area (Å²) >= 11 is 0. The van der Waals surface area contributed by atoms with E-state index in [-0.39, 0.29) is 29.2 Å². The Hall–Kier alpha value is -3.48. The average molecular weight is 349 g/mol. The third-order valence-electron chi connectivity index (χ3n) is 3.98. The lowest BCUT2D eigenvalue weighted by Gasteiger charge is -2.15. The molecule has 0 spiro atoms. The van der Waals surface area contributed by atoms with Crippen LogP contribution in [0.4, 0.5) is 5.82 Å². The van der Waals surface area contributed by atoms with E-state index < -0.39 is 0 Å². The van der Waals surface area contributed by atoms with Crippen molar-refractivity contribution in [3.05, 3.63) is 77.7 Å². The number of anilines is 1. The molecule has 3 rings (SSSR count). The summed E-state index contributed by atoms with van der Waals surface area (Å²) in [6.45, 7) is 1.92. The molecule has 3 aromatic rings. The number of benzene rings is 1. The van der Waals surface area contributed by atoms with Gasteiger partial charge in [-0.15, -0.1) is 0 Å². The maximum Gasteiger partial charge on any atom is 0.275 e. The summed E-state index contributed by atoms with van der Waals surface area (Å²) in [4.78, 5) is 28.8. The van der Waals surface area contributed by atoms with Crippen LogP contribution in [0.15, 0.2) is 60.8 Å². The normalized spacial score (nSPS) is 11.6. The maximum atomic E-state index is 12.8. The average Bonchev–Trinajstić information content (AvgIpc) is 3.14. The lowest BCUT2D eigenvalue weighted by atomic mass is 10.1. The summed E-state index contributed by atoms with van der Waals surface area (Å²) in [7, 11) is 1.52. The molecule has 0 saturated heterocycles. The highest BCUT2D eigenvalue weighted by atomic mass is 16.2. The number of carbonyl (C=O) groups is 2. The van der Waals surface area contributed by atoms with Gasteiger partial charge in [0.1, 0.15) is 11.5 Å². The number of aromatic nitrogens is 3. The SMILES string of the molecule is CNC(=O)c1cc(C(=O)Nc2ccccn2)n([C@@H](C)c2ccccc2)n1. The molecule has 132 valence electrons. The predicted octanol–water partition coefficient (Wildman–Crippen LogP) is 2.50. The van der Waals surface area contributed by atoms with Gasteiger partial charge in [0.2, 0.25) is 0 Å². The number of hydrogen-bond acceptors (Lipinski definition) is 4. The zero-order valence-corrected chi connectivity index (χ0v) is 14.5. The van der Waals surface area contributed by atoms with Crippen LogP contribution in [0.3, 0.4) is 0 Å². The van der Waals surface area contributed by atoms with E-state index in [9.17, 15) is 9.59 Å². The highest BCUT2D eigenvalue weighted by molar-refractivity contribution is 6.04. The summed E-state index contributed by atoms with van der Waals surface area (Å²) in [5.41, 5.74) is 1.44. The topological polar surface area (TPSA) is 88.9 Å². The smallest absolute Gasteiger partial charge is 0.275 e. The summed E-state index contributed by atoms with van der Waals surface area (Å²) in [6, 6.07) is 16.2. The molecule has 0 bridgehead atoms. The number of pyridine rings is 1. The van der Waals surface area contributed by atoms with Gasteiger partial charge in [-0.1, -0.05) is 36.4 Å². The fourth-order valence-corrected chi connectivity index (χ4v) is 2.59. The highest BCUT2D eigenvalue weighted by Gasteiger charge is 2.22. The first kappa shape index (κ1) is 17.3. The molecule has 2 N–H and O–H groups in total. The van der Waals surface area contributed by atoms with Gasteiger partial charge >= 0.3 is 0 Å². The molecular formula is C19H19N5O2. The van der Waals surface area contributed by atoms with E-state index in [1.807, 2.05) is 37.3 Å². The molecule has 7 nitrogen and oxygen atoms in total. The van der Waals surface area contributed by atoms with Crippen LogP contribution in [0, 0.1) is 0 Å². The van der Waals surface area contributed by atoms with Crippen molar-refractivity contribution in [1.82, 2.24) is 20.1 Å². The van der Waals surface area contributed by atoms with E-state index >= 15 is 0 Å². The molecule has 0 aliphatic heterocycles. The van der Waals surface area contributed by atoms with Gasteiger partial charge in [-0.3, -0.25) is 14.3 Å². The Morgan fingerprint density at radius 2 is 1.77 bits per heavy atom. The Morgan fingerprint density at radius 1 is 1.04 bits per heavy atom. The molecule has 0 radical (unpaired) electrons. The third kappa shape index (κ3) is 3.61. The highest BCUT2D eigenvalue weighted by Crippen LogP contribution is 2.20. The van der Waals surface area contributed by atoms with Crippen LogP contribution < -0.4 is 10.6 Å². The van der Waals surface area contributed by atoms with Crippen LogP contribution in [0.1, 0.15) is 39.5 Å². The van der Waals surface area contributed by atoms with Gasteiger partial charge < -0.3 is 10.6 Å². The molecule has 2 heterocycles. The summed E-state index contributed by atoms with van der Waals surface area (Å²) < 4.78 is 1.55. The molecule has 1 aromatic carbocycles. The number of amides is 2. The van der Waals surface area contributed by atoms with Crippen molar-refractivity contribution >= 4 is 17.6 Å². The van der Waals surface area contributed by atoms with Gasteiger partial charge in [-0.2, -0.15) is 5.10 Å². The maximum absolute atomic E-state index is 12.8. The lowest BCUT2D eigenvalue weighted by molar-refractivity contribution is 0.0956. The van der Waals surface area contributed by atoms with Gasteiger partial charge in [0.25, 0.3) is 11.8 Å². The first-order valence-corrected chi connectivity index (χ1v) is 8.19. The minimum Gasteiger partial charge on any atom is -0.354 e. The predicted molar refractivity (Wildman–Crippen MR) is 98.1 cm³/mol. The molecule has 0 unspecified atom stereocenters. The molecule has 2 amide bonds. The van der Waals surface area contributed by atoms with E-state index in [1.165, 1.54) is 13.1 Å². The lowest BCUT2D eigenvalue weighted by Crippen LogP contribution is -2.21. The Bertz CT molecular complexity index is 906. The second-order valence-corrected chi connectivity index (χ2v) is 5.69. The van der Waals surface area contributed by atoms with Crippen LogP contribution in [0.5, 0.6) is 0 Å². The van der Waals surface area contributed by atoms with Crippen LogP contribution in [-0.2, 0) is 0 Å². The Kier molecular flexibility index (Phi) is 5.07. The Labute approximate surface area is 151 Å². The van der Waals surface area contributed by atoms with Gasteiger partial charge in [-0.05, 0) is 24.6 Å². The molecule has 0 aliphatic rings. The summed E-state index contributed by atoms with van der Waals surface area (Å²) in [5, 5.41) is 9.61. The molecule has 2 aromatic heterocycles. The van der Waals surface area contributed by atoms with Crippen molar-refractivity contribution in [2.24, 2.45) is 0 Å². The van der Waals surface area contributed by atoms with Crippen molar-refractivity contribution in [2.45, 2.75) is 13.0 Å². The van der Waals surface area contributed by atoms with Crippen LogP contribution in [0.2, 0.25) is 0 Å². The Balaban J connectivity index is 1.98. The number of carbonyl (C=O) groups excluding carboxylic acids is 2. The van der Waals surface area contributed by atoms with E-state index in [4.69, 9.17) is 0 Å². The van der Waals surface area contributed by atoms with Crippen molar-refractivity contribution in [1.29, 1.82) is 0 Å². The molecule has 26 heavy (non-hydrogen) atoms. The molecule has 0 aliphatic carbocycles. The third-order valence-corrected chi connectivity index (χ3v) is 3.98. The summed E-state index contributed by atoms with van der Waals surface area (Å²) in [6.07, 6.45) is 1.59. The molecule has 0 saturated carbocycles. The first-order chi connectivity index (χ1) is 12.6. The van der Waals surface area contributed by atoms with Crippen molar-refractivity contribution in [3.63, 3.8) is 0 Å². The van der Waals surface area contributed by atoms with Crippen molar-refractivity contribution in [3.8, 4) is 0 Å². The quantitative estimate of drug-likeness (QED) is 0.741. The van der Waals surface area contributed by atoms with E-state index in [2.05, 4.69) is 20.7 Å². The molecule has 0 fully saturated rings. The minimum absolute atomic E-state index is 0.182. The van der Waals surface area contributed by atoms with Crippen molar-refractivity contribution in [2.75, 3.05) is 12.4 Å². The monoisotopic (exact) mass is 349 g/mol. The van der Waals surface area contributed by atoms with E-state index in [1.54, 1.807) is 29.1 Å². The fourth-order valence-electron chi connectivity index (χ4n) is 2.59. The number of nitrogens with one attached hydrogen (secondary N) is 2. The van der Waals surface area contributed by atoms with Gasteiger partial charge in [0.05, 0.1) is 6.04 Å². The number of hydrogen-bond donors (Lipinski definition) is 2. The van der Waals surface area contributed by atoms with Crippen LogP contribution in [0.25, 0.3) is 0 Å². The Morgan fingerprint density at radius 3 is 2.42 bits per heavy atom. The van der Waals surface area contributed by atoms with E-state index in [0.29, 0.717) is 5.82 Å². The van der Waals surface area contributed by atoms with E-state index in [0.717, 1.165) is 5.56 Å². The largest absolute Gasteiger partial charge is 0.354 e. The molecular weight excluding hydrogens is 330 g/mol. The second kappa shape index (κ2) is 7.60. The summed E-state index contributed by atoms with van der Waals surface area (Å²) in [5.74, 6) is -0.302. The molecule has 1 atom stereocenters. The van der Waals surface area contributed by atoms with Gasteiger partial charge in [-0.25, -0.2) is 4.98 Å². The fraction of sp³-hybridized carbons (Fsp3) is 0.158. The van der Waals surface area contributed by atoms with Crippen LogP contribution in [-0.4, -0.2) is 33.6 Å². The van der Waals surface area contributed by atoms with Crippen LogP contribution >= 0.6 is 0 Å². The zero-order chi connectivity index (χ0) is 18.5. The van der Waals surface area contributed by atoms with Gasteiger partial charge in [0, 0.05) is 19.3 Å². The number of nitrogens with zero attached hydrogens (tertiary/aromatic N) is 3. The standard InChI is InChI=1S/C19H19N5O2/c1-13(14-8-4-3-5-9-14)24-16(12-15(23-24)18(25)20-2)19(26)22-17-10-6-7-11-21-17/h3-13H,1-2H3,(H,20,25)(H,21,22,26)/t13-/m0/s1. The molecule has 7 heteroatoms. The van der Waals surface area contributed by atoms with Gasteiger partial charge in [0.15, 0.2) is 5.69 Å². The first-order valence-electron chi connectivity index (χ1n) is 8.19. The second-order valence-electron chi connectivity index (χ2n) is 5.69. The van der Waals surface area contributed by atoms with Crippen molar-refractivity contribution < 1.29 is 9.59 Å².